The van der Waals surface area contributed by atoms with Crippen molar-refractivity contribution in [3.63, 3.8) is 0 Å². The summed E-state index contributed by atoms with van der Waals surface area (Å²) in [4.78, 5) is 11.4. The van der Waals surface area contributed by atoms with E-state index in [4.69, 9.17) is 16.3 Å². The maximum Gasteiger partial charge on any atom is 0.181 e. The van der Waals surface area contributed by atoms with Gasteiger partial charge in [0.05, 0.1) is 11.4 Å². The average molecular weight is 211 g/mol. The minimum absolute atomic E-state index is 0.0333. The van der Waals surface area contributed by atoms with Crippen molar-refractivity contribution in [1.29, 1.82) is 0 Å². The number of carbonyl (C=O) groups excluding carboxylic acids is 1. The molecule has 0 aliphatic carbocycles. The molecule has 1 aromatic carbocycles. The van der Waals surface area contributed by atoms with Crippen molar-refractivity contribution in [3.05, 3.63) is 42.5 Å². The molecule has 0 aliphatic heterocycles. The molecule has 0 atom stereocenters. The molecule has 0 amide bonds. The van der Waals surface area contributed by atoms with Crippen molar-refractivity contribution in [3.8, 4) is 5.75 Å². The zero-order valence-electron chi connectivity index (χ0n) is 7.70. The van der Waals surface area contributed by atoms with E-state index in [0.29, 0.717) is 17.9 Å². The van der Waals surface area contributed by atoms with Crippen LogP contribution < -0.4 is 4.74 Å². The highest BCUT2D eigenvalue weighted by atomic mass is 35.5. The summed E-state index contributed by atoms with van der Waals surface area (Å²) >= 11 is 5.47. The van der Waals surface area contributed by atoms with Gasteiger partial charge in [0.1, 0.15) is 12.4 Å². The molecule has 0 aromatic heterocycles. The van der Waals surface area contributed by atoms with E-state index in [1.165, 1.54) is 0 Å². The number of hydrogen-bond donors (Lipinski definition) is 0. The summed E-state index contributed by atoms with van der Waals surface area (Å²) in [6, 6.07) is 7.02. The van der Waals surface area contributed by atoms with Crippen LogP contribution in [0.25, 0.3) is 0 Å². The minimum atomic E-state index is -0.133. The Bertz CT molecular complexity index is 334. The van der Waals surface area contributed by atoms with Gasteiger partial charge in [0, 0.05) is 0 Å². The van der Waals surface area contributed by atoms with Crippen LogP contribution in [-0.2, 0) is 0 Å². The molecule has 2 nitrogen and oxygen atoms in total. The molecule has 1 aromatic rings. The lowest BCUT2D eigenvalue weighted by Crippen LogP contribution is -2.04. The largest absolute Gasteiger partial charge is 0.489 e. The van der Waals surface area contributed by atoms with Gasteiger partial charge < -0.3 is 4.74 Å². The van der Waals surface area contributed by atoms with Crippen LogP contribution in [-0.4, -0.2) is 18.3 Å². The molecular weight excluding hydrogens is 200 g/mol. The SMILES string of the molecule is C=CCOc1ccccc1C(=O)CCl. The summed E-state index contributed by atoms with van der Waals surface area (Å²) in [7, 11) is 0. The molecule has 0 heterocycles. The topological polar surface area (TPSA) is 26.3 Å². The lowest BCUT2D eigenvalue weighted by Gasteiger charge is -2.07. The fourth-order valence-corrected chi connectivity index (χ4v) is 1.19. The van der Waals surface area contributed by atoms with Crippen LogP contribution in [0.5, 0.6) is 5.75 Å². The van der Waals surface area contributed by atoms with Gasteiger partial charge in [-0.15, -0.1) is 11.6 Å². The number of para-hydroxylation sites is 1. The second kappa shape index (κ2) is 5.45. The Labute approximate surface area is 88.1 Å². The zero-order chi connectivity index (χ0) is 10.4. The molecule has 0 spiro atoms. The van der Waals surface area contributed by atoms with Crippen LogP contribution in [0, 0.1) is 0 Å². The summed E-state index contributed by atoms with van der Waals surface area (Å²) < 4.78 is 5.31. The number of rotatable bonds is 5. The Morgan fingerprint density at radius 1 is 1.50 bits per heavy atom. The van der Waals surface area contributed by atoms with Gasteiger partial charge in [0.15, 0.2) is 5.78 Å². The van der Waals surface area contributed by atoms with E-state index >= 15 is 0 Å². The van der Waals surface area contributed by atoms with Crippen molar-refractivity contribution in [1.82, 2.24) is 0 Å². The number of Topliss-reactive ketones (excluding diaryl/α,β-unsaturated/α-hetero) is 1. The first-order chi connectivity index (χ1) is 6.79. The van der Waals surface area contributed by atoms with E-state index in [-0.39, 0.29) is 11.7 Å². The predicted octanol–water partition coefficient (Wildman–Crippen LogP) is 2.67. The first-order valence-electron chi connectivity index (χ1n) is 4.21. The number of carbonyl (C=O) groups is 1. The van der Waals surface area contributed by atoms with Crippen LogP contribution in [0.15, 0.2) is 36.9 Å². The Hall–Kier alpha value is -1.28. The maximum absolute atomic E-state index is 11.4. The first kappa shape index (κ1) is 10.8. The molecule has 3 heteroatoms. The van der Waals surface area contributed by atoms with E-state index in [1.54, 1.807) is 24.3 Å². The molecule has 0 radical (unpaired) electrons. The van der Waals surface area contributed by atoms with Crippen molar-refractivity contribution in [2.24, 2.45) is 0 Å². The normalized spacial score (nSPS) is 9.50. The Kier molecular flexibility index (Phi) is 4.20. The van der Waals surface area contributed by atoms with Gasteiger partial charge in [0.25, 0.3) is 0 Å². The maximum atomic E-state index is 11.4. The van der Waals surface area contributed by atoms with E-state index < -0.39 is 0 Å². The second-order valence-corrected chi connectivity index (χ2v) is 2.92. The van der Waals surface area contributed by atoms with Crippen LogP contribution >= 0.6 is 11.6 Å². The quantitative estimate of drug-likeness (QED) is 0.424. The minimum Gasteiger partial charge on any atom is -0.489 e. The third kappa shape index (κ3) is 2.60. The molecule has 0 fully saturated rings. The van der Waals surface area contributed by atoms with E-state index in [0.717, 1.165) is 0 Å². The first-order valence-corrected chi connectivity index (χ1v) is 4.75. The molecular formula is C11H11ClO2. The summed E-state index contributed by atoms with van der Waals surface area (Å²) in [5.41, 5.74) is 0.518. The molecule has 1 rings (SSSR count). The van der Waals surface area contributed by atoms with Gasteiger partial charge in [-0.05, 0) is 12.1 Å². The zero-order valence-corrected chi connectivity index (χ0v) is 8.46. The standard InChI is InChI=1S/C11H11ClO2/c1-2-7-14-11-6-4-3-5-9(11)10(13)8-12/h2-6H,1,7-8H2. The second-order valence-electron chi connectivity index (χ2n) is 2.65. The highest BCUT2D eigenvalue weighted by Gasteiger charge is 2.09. The van der Waals surface area contributed by atoms with E-state index in [9.17, 15) is 4.79 Å². The van der Waals surface area contributed by atoms with Gasteiger partial charge in [-0.3, -0.25) is 4.79 Å². The lowest BCUT2D eigenvalue weighted by atomic mass is 10.1. The molecule has 0 aliphatic rings. The summed E-state index contributed by atoms with van der Waals surface area (Å²) in [5, 5.41) is 0. The Morgan fingerprint density at radius 3 is 2.86 bits per heavy atom. The van der Waals surface area contributed by atoms with Crippen LogP contribution in [0.4, 0.5) is 0 Å². The average Bonchev–Trinajstić information content (AvgIpc) is 2.25. The Balaban J connectivity index is 2.90. The van der Waals surface area contributed by atoms with Crippen LogP contribution in [0.2, 0.25) is 0 Å². The molecule has 14 heavy (non-hydrogen) atoms. The third-order valence-corrected chi connectivity index (χ3v) is 1.91. The number of benzene rings is 1. The fourth-order valence-electron chi connectivity index (χ4n) is 1.04. The van der Waals surface area contributed by atoms with Crippen molar-refractivity contribution >= 4 is 17.4 Å². The molecule has 0 unspecified atom stereocenters. The summed E-state index contributed by atoms with van der Waals surface area (Å²) in [5.74, 6) is 0.387. The predicted molar refractivity (Wildman–Crippen MR) is 57.2 cm³/mol. The molecule has 74 valence electrons. The molecule has 0 saturated heterocycles. The van der Waals surface area contributed by atoms with Crippen molar-refractivity contribution in [2.45, 2.75) is 0 Å². The molecule has 0 saturated carbocycles. The van der Waals surface area contributed by atoms with Crippen molar-refractivity contribution < 1.29 is 9.53 Å². The molecule has 0 N–H and O–H groups in total. The smallest absolute Gasteiger partial charge is 0.181 e. The van der Waals surface area contributed by atoms with Gasteiger partial charge >= 0.3 is 0 Å². The van der Waals surface area contributed by atoms with Crippen LogP contribution in [0.1, 0.15) is 10.4 Å². The van der Waals surface area contributed by atoms with Crippen LogP contribution in [0.3, 0.4) is 0 Å². The van der Waals surface area contributed by atoms with E-state index in [2.05, 4.69) is 6.58 Å². The number of halogens is 1. The van der Waals surface area contributed by atoms with Gasteiger partial charge in [-0.2, -0.15) is 0 Å². The van der Waals surface area contributed by atoms with Gasteiger partial charge in [-0.25, -0.2) is 0 Å². The number of hydrogen-bond acceptors (Lipinski definition) is 2. The van der Waals surface area contributed by atoms with E-state index in [1.807, 2.05) is 6.07 Å². The highest BCUT2D eigenvalue weighted by Crippen LogP contribution is 2.18. The summed E-state index contributed by atoms with van der Waals surface area (Å²) in [6.45, 7) is 3.92. The number of alkyl halides is 1. The lowest BCUT2D eigenvalue weighted by molar-refractivity contribution is 0.101. The Morgan fingerprint density at radius 2 is 2.21 bits per heavy atom. The fraction of sp³-hybridized carbons (Fsp3) is 0.182. The summed E-state index contributed by atoms with van der Waals surface area (Å²) in [6.07, 6.45) is 1.63. The number of ketones is 1. The van der Waals surface area contributed by atoms with Crippen molar-refractivity contribution in [2.75, 3.05) is 12.5 Å². The highest BCUT2D eigenvalue weighted by molar-refractivity contribution is 6.30. The van der Waals surface area contributed by atoms with Gasteiger partial charge in [0.2, 0.25) is 0 Å². The monoisotopic (exact) mass is 210 g/mol. The number of ether oxygens (including phenoxy) is 1. The third-order valence-electron chi connectivity index (χ3n) is 1.67. The van der Waals surface area contributed by atoms with Gasteiger partial charge in [-0.1, -0.05) is 24.8 Å². The molecule has 0 bridgehead atoms.